The molecular formula is C23H38N4O2. The third-order valence-electron chi connectivity index (χ3n) is 5.53. The molecule has 2 rings (SSSR count). The Morgan fingerprint density at radius 2 is 1.86 bits per heavy atom. The Labute approximate surface area is 175 Å². The summed E-state index contributed by atoms with van der Waals surface area (Å²) in [6.45, 7) is 6.68. The Morgan fingerprint density at radius 3 is 2.59 bits per heavy atom. The largest absolute Gasteiger partial charge is 0.371 e. The molecule has 0 aliphatic rings. The highest BCUT2D eigenvalue weighted by Gasteiger charge is 2.11. The van der Waals surface area contributed by atoms with E-state index < -0.39 is 0 Å². The number of carbonyl (C=O) groups excluding carboxylic acids is 1. The second-order valence-electron chi connectivity index (χ2n) is 7.90. The maximum Gasteiger partial charge on any atom is 0.243 e. The van der Waals surface area contributed by atoms with Gasteiger partial charge in [-0.3, -0.25) is 10.0 Å². The molecule has 0 atom stereocenters. The van der Waals surface area contributed by atoms with Gasteiger partial charge in [-0.15, -0.1) is 0 Å². The minimum absolute atomic E-state index is 0.303. The molecule has 0 aliphatic carbocycles. The maximum absolute atomic E-state index is 11.0. The van der Waals surface area contributed by atoms with Crippen molar-refractivity contribution in [2.24, 2.45) is 7.05 Å². The second-order valence-corrected chi connectivity index (χ2v) is 7.90. The first-order valence-electron chi connectivity index (χ1n) is 11.2. The van der Waals surface area contributed by atoms with E-state index in [0.717, 1.165) is 63.0 Å². The fourth-order valence-corrected chi connectivity index (χ4v) is 3.83. The molecule has 0 aliphatic heterocycles. The van der Waals surface area contributed by atoms with Crippen molar-refractivity contribution in [2.45, 2.75) is 78.1 Å². The van der Waals surface area contributed by atoms with Gasteiger partial charge in [-0.25, -0.2) is 10.5 Å². The second kappa shape index (κ2) is 12.5. The van der Waals surface area contributed by atoms with Crippen LogP contribution in [0, 0.1) is 0 Å². The van der Waals surface area contributed by atoms with E-state index in [1.54, 1.807) is 5.48 Å². The summed E-state index contributed by atoms with van der Waals surface area (Å²) in [5, 5.41) is 8.51. The van der Waals surface area contributed by atoms with Crippen molar-refractivity contribution in [1.82, 2.24) is 15.0 Å². The van der Waals surface area contributed by atoms with Gasteiger partial charge in [0.15, 0.2) is 0 Å². The van der Waals surface area contributed by atoms with Crippen molar-refractivity contribution in [3.05, 3.63) is 24.0 Å². The lowest BCUT2D eigenvalue weighted by Gasteiger charge is -2.24. The van der Waals surface area contributed by atoms with Crippen molar-refractivity contribution < 1.29 is 10.0 Å². The standard InChI is InChI=1S/C23H38N4O2/c1-4-6-11-17-27(16-5-2)19-14-15-21-20(18-19)24-22(26(21)3)12-9-7-8-10-13-23(28)25-29/h14-15,18,29H,4-13,16-17H2,1-3H3,(H,25,28). The Morgan fingerprint density at radius 1 is 1.07 bits per heavy atom. The molecule has 1 aromatic heterocycles. The Bertz CT molecular complexity index is 757. The molecule has 162 valence electrons. The number of rotatable bonds is 14. The lowest BCUT2D eigenvalue weighted by Crippen LogP contribution is -2.25. The molecule has 0 unspecified atom stereocenters. The number of benzene rings is 1. The monoisotopic (exact) mass is 402 g/mol. The summed E-state index contributed by atoms with van der Waals surface area (Å²) in [6, 6.07) is 6.69. The van der Waals surface area contributed by atoms with Crippen molar-refractivity contribution in [3.8, 4) is 0 Å². The first-order chi connectivity index (χ1) is 14.1. The summed E-state index contributed by atoms with van der Waals surface area (Å²) in [7, 11) is 2.10. The highest BCUT2D eigenvalue weighted by Crippen LogP contribution is 2.24. The third-order valence-corrected chi connectivity index (χ3v) is 5.53. The van der Waals surface area contributed by atoms with E-state index in [2.05, 4.69) is 48.6 Å². The Balaban J connectivity index is 1.96. The molecule has 0 fully saturated rings. The molecule has 0 saturated heterocycles. The van der Waals surface area contributed by atoms with Crippen LogP contribution in [0.15, 0.2) is 18.2 Å². The average molecular weight is 403 g/mol. The highest BCUT2D eigenvalue weighted by molar-refractivity contribution is 5.80. The normalized spacial score (nSPS) is 11.2. The zero-order valence-electron chi connectivity index (χ0n) is 18.4. The average Bonchev–Trinajstić information content (AvgIpc) is 3.04. The minimum atomic E-state index is -0.303. The van der Waals surface area contributed by atoms with Gasteiger partial charge < -0.3 is 9.47 Å². The van der Waals surface area contributed by atoms with Crippen LogP contribution < -0.4 is 10.4 Å². The molecular weight excluding hydrogens is 364 g/mol. The van der Waals surface area contributed by atoms with Gasteiger partial charge in [0.2, 0.25) is 5.91 Å². The molecule has 1 heterocycles. The van der Waals surface area contributed by atoms with Gasteiger partial charge in [-0.05, 0) is 43.9 Å². The predicted molar refractivity (Wildman–Crippen MR) is 119 cm³/mol. The summed E-state index contributed by atoms with van der Waals surface area (Å²) < 4.78 is 2.21. The van der Waals surface area contributed by atoms with Gasteiger partial charge >= 0.3 is 0 Å². The number of aryl methyl sites for hydroxylation is 2. The first-order valence-corrected chi connectivity index (χ1v) is 11.2. The lowest BCUT2D eigenvalue weighted by molar-refractivity contribution is -0.129. The number of fused-ring (bicyclic) bond motifs is 1. The van der Waals surface area contributed by atoms with Gasteiger partial charge in [0.1, 0.15) is 5.82 Å². The molecule has 2 aromatic rings. The fraction of sp³-hybridized carbons (Fsp3) is 0.652. The van der Waals surface area contributed by atoms with Gasteiger partial charge in [-0.2, -0.15) is 0 Å². The van der Waals surface area contributed by atoms with Crippen molar-refractivity contribution >= 4 is 22.6 Å². The van der Waals surface area contributed by atoms with Crippen LogP contribution in [0.1, 0.15) is 77.5 Å². The van der Waals surface area contributed by atoms with E-state index in [-0.39, 0.29) is 5.91 Å². The quantitative estimate of drug-likeness (QED) is 0.266. The number of amides is 1. The molecule has 2 N–H and O–H groups in total. The predicted octanol–water partition coefficient (Wildman–Crippen LogP) is 4.98. The zero-order valence-corrected chi connectivity index (χ0v) is 18.4. The van der Waals surface area contributed by atoms with E-state index in [4.69, 9.17) is 10.2 Å². The molecule has 0 bridgehead atoms. The number of nitrogens with zero attached hydrogens (tertiary/aromatic N) is 3. The van der Waals surface area contributed by atoms with Crippen LogP contribution >= 0.6 is 0 Å². The highest BCUT2D eigenvalue weighted by atomic mass is 16.5. The van der Waals surface area contributed by atoms with Crippen LogP contribution in [0.4, 0.5) is 5.69 Å². The Kier molecular flexibility index (Phi) is 9.98. The van der Waals surface area contributed by atoms with Gasteiger partial charge in [0.05, 0.1) is 11.0 Å². The summed E-state index contributed by atoms with van der Waals surface area (Å²) in [6.07, 6.45) is 10.2. The van der Waals surface area contributed by atoms with E-state index in [0.29, 0.717) is 6.42 Å². The Hall–Kier alpha value is -2.08. The van der Waals surface area contributed by atoms with Crippen molar-refractivity contribution in [1.29, 1.82) is 0 Å². The number of hydrogen-bond donors (Lipinski definition) is 2. The SMILES string of the molecule is CCCCCN(CCC)c1ccc2c(c1)nc(CCCCCCC(=O)NO)n2C. The smallest absolute Gasteiger partial charge is 0.243 e. The molecule has 0 saturated carbocycles. The lowest BCUT2D eigenvalue weighted by atomic mass is 10.1. The van der Waals surface area contributed by atoms with Crippen LogP contribution in [0.2, 0.25) is 0 Å². The van der Waals surface area contributed by atoms with Gasteiger partial charge in [0, 0.05) is 38.7 Å². The van der Waals surface area contributed by atoms with Gasteiger partial charge in [-0.1, -0.05) is 39.5 Å². The molecule has 0 radical (unpaired) electrons. The number of aromatic nitrogens is 2. The van der Waals surface area contributed by atoms with E-state index in [1.807, 2.05) is 0 Å². The summed E-state index contributed by atoms with van der Waals surface area (Å²) in [4.78, 5) is 18.4. The summed E-state index contributed by atoms with van der Waals surface area (Å²) in [5.41, 5.74) is 5.23. The number of anilines is 1. The van der Waals surface area contributed by atoms with Gasteiger partial charge in [0.25, 0.3) is 0 Å². The fourth-order valence-electron chi connectivity index (χ4n) is 3.83. The number of imidazole rings is 1. The third kappa shape index (κ3) is 7.03. The molecule has 29 heavy (non-hydrogen) atoms. The van der Waals surface area contributed by atoms with Crippen LogP contribution in [0.5, 0.6) is 0 Å². The maximum atomic E-state index is 11.0. The molecule has 6 heteroatoms. The molecule has 1 amide bonds. The summed E-state index contributed by atoms with van der Waals surface area (Å²) in [5.74, 6) is 0.821. The summed E-state index contributed by atoms with van der Waals surface area (Å²) >= 11 is 0. The van der Waals surface area contributed by atoms with Crippen LogP contribution in [-0.2, 0) is 18.3 Å². The number of unbranched alkanes of at least 4 members (excludes halogenated alkanes) is 5. The van der Waals surface area contributed by atoms with E-state index in [9.17, 15) is 4.79 Å². The first kappa shape index (κ1) is 23.2. The topological polar surface area (TPSA) is 70.4 Å². The minimum Gasteiger partial charge on any atom is -0.371 e. The van der Waals surface area contributed by atoms with E-state index >= 15 is 0 Å². The molecule has 0 spiro atoms. The van der Waals surface area contributed by atoms with Crippen molar-refractivity contribution in [3.63, 3.8) is 0 Å². The van der Waals surface area contributed by atoms with Crippen LogP contribution in [0.3, 0.4) is 0 Å². The number of nitrogens with one attached hydrogen (secondary N) is 1. The number of carbonyl (C=O) groups is 1. The number of hydroxylamine groups is 1. The van der Waals surface area contributed by atoms with Crippen LogP contribution in [0.25, 0.3) is 11.0 Å². The molecule has 1 aromatic carbocycles. The van der Waals surface area contributed by atoms with Crippen LogP contribution in [-0.4, -0.2) is 33.8 Å². The van der Waals surface area contributed by atoms with E-state index in [1.165, 1.54) is 30.5 Å². The number of hydrogen-bond acceptors (Lipinski definition) is 4. The molecule has 6 nitrogen and oxygen atoms in total. The van der Waals surface area contributed by atoms with Crippen molar-refractivity contribution in [2.75, 3.05) is 18.0 Å². The zero-order chi connectivity index (χ0) is 21.1.